The van der Waals surface area contributed by atoms with Gasteiger partial charge in [0.2, 0.25) is 5.91 Å². The molecule has 166 valence electrons. The first-order valence-electron chi connectivity index (χ1n) is 9.78. The third kappa shape index (κ3) is 5.93. The predicted octanol–water partition coefficient (Wildman–Crippen LogP) is 6.15. The molecule has 0 saturated carbocycles. The van der Waals surface area contributed by atoms with E-state index >= 15 is 0 Å². The SMILES string of the molecule is CC(=O)Nc1ccc(OCc2c(C)cccc2C(=O)O)cc1NCc1ccc(Cl)cc1Cl. The predicted molar refractivity (Wildman–Crippen MR) is 127 cm³/mol. The summed E-state index contributed by atoms with van der Waals surface area (Å²) in [5.41, 5.74) is 3.69. The normalized spacial score (nSPS) is 10.5. The molecule has 0 aliphatic carbocycles. The lowest BCUT2D eigenvalue weighted by atomic mass is 10.0. The maximum atomic E-state index is 11.6. The average molecular weight is 473 g/mol. The van der Waals surface area contributed by atoms with Crippen LogP contribution in [0.25, 0.3) is 0 Å². The number of aryl methyl sites for hydroxylation is 1. The Morgan fingerprint density at radius 2 is 1.81 bits per heavy atom. The molecule has 0 atom stereocenters. The van der Waals surface area contributed by atoms with Crippen molar-refractivity contribution in [2.75, 3.05) is 10.6 Å². The summed E-state index contributed by atoms with van der Waals surface area (Å²) >= 11 is 12.2. The number of anilines is 2. The number of hydrogen-bond acceptors (Lipinski definition) is 4. The number of aromatic carboxylic acids is 1. The Balaban J connectivity index is 1.82. The molecular weight excluding hydrogens is 451 g/mol. The molecule has 6 nitrogen and oxygen atoms in total. The van der Waals surface area contributed by atoms with Gasteiger partial charge < -0.3 is 20.5 Å². The summed E-state index contributed by atoms with van der Waals surface area (Å²) in [6.45, 7) is 3.76. The number of amides is 1. The number of rotatable bonds is 8. The number of benzene rings is 3. The van der Waals surface area contributed by atoms with E-state index in [2.05, 4.69) is 10.6 Å². The molecule has 0 fully saturated rings. The topological polar surface area (TPSA) is 87.7 Å². The van der Waals surface area contributed by atoms with Gasteiger partial charge in [-0.2, -0.15) is 0 Å². The summed E-state index contributed by atoms with van der Waals surface area (Å²) in [4.78, 5) is 23.1. The lowest BCUT2D eigenvalue weighted by Gasteiger charge is -2.16. The number of carboxylic acids is 1. The molecule has 0 saturated heterocycles. The van der Waals surface area contributed by atoms with Gasteiger partial charge in [0.1, 0.15) is 12.4 Å². The van der Waals surface area contributed by atoms with Crippen molar-refractivity contribution in [3.05, 3.63) is 86.9 Å². The minimum absolute atomic E-state index is 0.0935. The molecule has 0 spiro atoms. The summed E-state index contributed by atoms with van der Waals surface area (Å²) in [6.07, 6.45) is 0. The molecule has 1 amide bonds. The summed E-state index contributed by atoms with van der Waals surface area (Å²) in [6, 6.07) is 15.5. The van der Waals surface area contributed by atoms with E-state index in [-0.39, 0.29) is 18.1 Å². The standard InChI is InChI=1S/C24H22Cl2N2O4/c1-14-4-3-5-19(24(30)31)20(14)13-32-18-8-9-22(28-15(2)29)23(11-18)27-12-16-6-7-17(25)10-21(16)26/h3-11,27H,12-13H2,1-2H3,(H,28,29)(H,30,31). The minimum Gasteiger partial charge on any atom is -0.489 e. The molecule has 0 aliphatic rings. The van der Waals surface area contributed by atoms with Crippen LogP contribution >= 0.6 is 23.2 Å². The van der Waals surface area contributed by atoms with Crippen LogP contribution in [0.2, 0.25) is 10.0 Å². The zero-order valence-corrected chi connectivity index (χ0v) is 19.1. The third-order valence-electron chi connectivity index (χ3n) is 4.81. The zero-order chi connectivity index (χ0) is 23.3. The van der Waals surface area contributed by atoms with E-state index in [0.29, 0.717) is 39.3 Å². The summed E-state index contributed by atoms with van der Waals surface area (Å²) in [5, 5.41) is 16.6. The molecule has 0 heterocycles. The van der Waals surface area contributed by atoms with Crippen LogP contribution in [0.1, 0.15) is 34.0 Å². The van der Waals surface area contributed by atoms with Crippen LogP contribution in [0.5, 0.6) is 5.75 Å². The summed E-state index contributed by atoms with van der Waals surface area (Å²) in [7, 11) is 0. The zero-order valence-electron chi connectivity index (χ0n) is 17.5. The Bertz CT molecular complexity index is 1160. The highest BCUT2D eigenvalue weighted by Crippen LogP contribution is 2.30. The van der Waals surface area contributed by atoms with Crippen LogP contribution in [0, 0.1) is 6.92 Å². The fourth-order valence-electron chi connectivity index (χ4n) is 3.16. The summed E-state index contributed by atoms with van der Waals surface area (Å²) in [5.74, 6) is -0.698. The largest absolute Gasteiger partial charge is 0.489 e. The van der Waals surface area contributed by atoms with Crippen molar-refractivity contribution in [2.24, 2.45) is 0 Å². The van der Waals surface area contributed by atoms with Crippen LogP contribution in [0.3, 0.4) is 0 Å². The van der Waals surface area contributed by atoms with Gasteiger partial charge in [0.05, 0.1) is 16.9 Å². The molecule has 8 heteroatoms. The monoisotopic (exact) mass is 472 g/mol. The van der Waals surface area contributed by atoms with Gasteiger partial charge in [-0.1, -0.05) is 41.4 Å². The van der Waals surface area contributed by atoms with E-state index in [1.54, 1.807) is 42.5 Å². The van der Waals surface area contributed by atoms with Crippen molar-refractivity contribution in [2.45, 2.75) is 27.0 Å². The number of ether oxygens (including phenoxy) is 1. The van der Waals surface area contributed by atoms with Gasteiger partial charge in [-0.25, -0.2) is 4.79 Å². The van der Waals surface area contributed by atoms with Crippen LogP contribution in [-0.4, -0.2) is 17.0 Å². The van der Waals surface area contributed by atoms with Gasteiger partial charge in [-0.15, -0.1) is 0 Å². The Kier molecular flexibility index (Phi) is 7.62. The van der Waals surface area contributed by atoms with Crippen molar-refractivity contribution < 1.29 is 19.4 Å². The van der Waals surface area contributed by atoms with Gasteiger partial charge in [-0.3, -0.25) is 4.79 Å². The lowest BCUT2D eigenvalue weighted by Crippen LogP contribution is -2.10. The van der Waals surface area contributed by atoms with Gasteiger partial charge >= 0.3 is 5.97 Å². The quantitative estimate of drug-likeness (QED) is 0.365. The van der Waals surface area contributed by atoms with E-state index in [1.807, 2.05) is 19.1 Å². The number of nitrogens with one attached hydrogen (secondary N) is 2. The molecule has 3 N–H and O–H groups in total. The average Bonchev–Trinajstić information content (AvgIpc) is 2.73. The molecule has 3 aromatic carbocycles. The molecule has 32 heavy (non-hydrogen) atoms. The minimum atomic E-state index is -1.00. The maximum Gasteiger partial charge on any atom is 0.336 e. The van der Waals surface area contributed by atoms with E-state index in [4.69, 9.17) is 27.9 Å². The highest BCUT2D eigenvalue weighted by molar-refractivity contribution is 6.35. The number of hydrogen-bond donors (Lipinski definition) is 3. The van der Waals surface area contributed by atoms with Crippen LogP contribution in [0.4, 0.5) is 11.4 Å². The molecule has 3 rings (SSSR count). The first kappa shape index (κ1) is 23.4. The molecule has 0 bridgehead atoms. The second-order valence-corrected chi connectivity index (χ2v) is 8.02. The highest BCUT2D eigenvalue weighted by atomic mass is 35.5. The smallest absolute Gasteiger partial charge is 0.336 e. The number of carbonyl (C=O) groups is 2. The van der Waals surface area contributed by atoms with Crippen molar-refractivity contribution >= 4 is 46.5 Å². The van der Waals surface area contributed by atoms with Crippen molar-refractivity contribution in [3.63, 3.8) is 0 Å². The molecule has 3 aromatic rings. The number of carbonyl (C=O) groups excluding carboxylic acids is 1. The van der Waals surface area contributed by atoms with Gasteiger partial charge in [0, 0.05) is 35.1 Å². The second-order valence-electron chi connectivity index (χ2n) is 7.17. The fraction of sp³-hybridized carbons (Fsp3) is 0.167. The first-order chi connectivity index (χ1) is 15.2. The van der Waals surface area contributed by atoms with Gasteiger partial charge in [0.15, 0.2) is 0 Å². The van der Waals surface area contributed by atoms with Gasteiger partial charge in [0.25, 0.3) is 0 Å². The van der Waals surface area contributed by atoms with Crippen LogP contribution in [0.15, 0.2) is 54.6 Å². The number of halogens is 2. The molecule has 0 aromatic heterocycles. The van der Waals surface area contributed by atoms with Crippen molar-refractivity contribution in [1.29, 1.82) is 0 Å². The first-order valence-corrected chi connectivity index (χ1v) is 10.5. The molecule has 0 unspecified atom stereocenters. The molecular formula is C24H22Cl2N2O4. The lowest BCUT2D eigenvalue weighted by molar-refractivity contribution is -0.114. The van der Waals surface area contributed by atoms with Crippen LogP contribution in [-0.2, 0) is 17.9 Å². The second kappa shape index (κ2) is 10.4. The Morgan fingerprint density at radius 3 is 2.50 bits per heavy atom. The Morgan fingerprint density at radius 1 is 1.03 bits per heavy atom. The fourth-order valence-corrected chi connectivity index (χ4v) is 3.64. The Labute approximate surface area is 196 Å². The van der Waals surface area contributed by atoms with Crippen molar-refractivity contribution in [1.82, 2.24) is 0 Å². The molecule has 0 aliphatic heterocycles. The maximum absolute atomic E-state index is 11.6. The van der Waals surface area contributed by atoms with E-state index in [9.17, 15) is 14.7 Å². The highest BCUT2D eigenvalue weighted by Gasteiger charge is 2.13. The van der Waals surface area contributed by atoms with E-state index < -0.39 is 5.97 Å². The van der Waals surface area contributed by atoms with Gasteiger partial charge in [-0.05, 0) is 48.4 Å². The Hall–Kier alpha value is -3.22. The third-order valence-corrected chi connectivity index (χ3v) is 5.40. The number of carboxylic acid groups (broad SMARTS) is 1. The molecule has 0 radical (unpaired) electrons. The van der Waals surface area contributed by atoms with E-state index in [1.165, 1.54) is 6.92 Å². The summed E-state index contributed by atoms with van der Waals surface area (Å²) < 4.78 is 5.90. The van der Waals surface area contributed by atoms with Crippen molar-refractivity contribution in [3.8, 4) is 5.75 Å². The van der Waals surface area contributed by atoms with E-state index in [0.717, 1.165) is 11.1 Å². The van der Waals surface area contributed by atoms with Crippen LogP contribution < -0.4 is 15.4 Å².